The third kappa shape index (κ3) is 4.10. The minimum absolute atomic E-state index is 0.0507. The number of halogens is 1. The van der Waals surface area contributed by atoms with E-state index in [4.69, 9.17) is 0 Å². The predicted octanol–water partition coefficient (Wildman–Crippen LogP) is 3.42. The Balaban J connectivity index is 1.58. The Hall–Kier alpha value is -2.69. The second kappa shape index (κ2) is 8.13. The zero-order valence-electron chi connectivity index (χ0n) is 14.9. The molecule has 3 rings (SSSR count). The van der Waals surface area contributed by atoms with Crippen molar-refractivity contribution in [3.8, 4) is 0 Å². The van der Waals surface area contributed by atoms with Gasteiger partial charge in [0.25, 0.3) is 0 Å². The fourth-order valence-electron chi connectivity index (χ4n) is 3.31. The molecule has 1 unspecified atom stereocenters. The van der Waals surface area contributed by atoms with Gasteiger partial charge in [-0.05, 0) is 36.1 Å². The standard InChI is InChI=1S/C21H23FN2O2/c1-2-15-7-4-6-10-19(15)23-21(26)17-13-20(25)24(14-17)12-11-16-8-3-5-9-18(16)22/h3-10,17H,2,11-14H2,1H3,(H,23,26). The van der Waals surface area contributed by atoms with Crippen molar-refractivity contribution in [1.29, 1.82) is 0 Å². The van der Waals surface area contributed by atoms with Gasteiger partial charge in [-0.25, -0.2) is 4.39 Å². The second-order valence-electron chi connectivity index (χ2n) is 6.58. The van der Waals surface area contributed by atoms with E-state index >= 15 is 0 Å². The summed E-state index contributed by atoms with van der Waals surface area (Å²) in [5, 5.41) is 2.95. The van der Waals surface area contributed by atoms with Gasteiger partial charge in [-0.15, -0.1) is 0 Å². The first-order chi connectivity index (χ1) is 12.6. The van der Waals surface area contributed by atoms with E-state index in [9.17, 15) is 14.0 Å². The molecule has 0 aliphatic carbocycles. The lowest BCUT2D eigenvalue weighted by molar-refractivity contribution is -0.128. The molecule has 1 saturated heterocycles. The SMILES string of the molecule is CCc1ccccc1NC(=O)C1CC(=O)N(CCc2ccccc2F)C1. The molecule has 5 heteroatoms. The highest BCUT2D eigenvalue weighted by Gasteiger charge is 2.34. The quantitative estimate of drug-likeness (QED) is 0.864. The number of hydrogen-bond donors (Lipinski definition) is 1. The molecule has 26 heavy (non-hydrogen) atoms. The highest BCUT2D eigenvalue weighted by atomic mass is 19.1. The molecule has 4 nitrogen and oxygen atoms in total. The van der Waals surface area contributed by atoms with E-state index < -0.39 is 0 Å². The van der Waals surface area contributed by atoms with E-state index in [-0.39, 0.29) is 30.0 Å². The van der Waals surface area contributed by atoms with Crippen molar-refractivity contribution in [2.24, 2.45) is 5.92 Å². The van der Waals surface area contributed by atoms with E-state index in [0.29, 0.717) is 25.1 Å². The largest absolute Gasteiger partial charge is 0.342 e. The summed E-state index contributed by atoms with van der Waals surface area (Å²) in [4.78, 5) is 26.4. The summed E-state index contributed by atoms with van der Waals surface area (Å²) >= 11 is 0. The Labute approximate surface area is 153 Å². The number of carbonyl (C=O) groups is 2. The summed E-state index contributed by atoms with van der Waals surface area (Å²) in [6.07, 6.45) is 1.48. The number of anilines is 1. The van der Waals surface area contributed by atoms with Crippen molar-refractivity contribution in [3.05, 3.63) is 65.5 Å². The highest BCUT2D eigenvalue weighted by Crippen LogP contribution is 2.22. The summed E-state index contributed by atoms with van der Waals surface area (Å²) in [5.41, 5.74) is 2.46. The van der Waals surface area contributed by atoms with E-state index in [1.165, 1.54) is 6.07 Å². The average Bonchev–Trinajstić information content (AvgIpc) is 3.02. The molecule has 1 fully saturated rings. The first-order valence-electron chi connectivity index (χ1n) is 8.98. The molecule has 0 radical (unpaired) electrons. The summed E-state index contributed by atoms with van der Waals surface area (Å²) < 4.78 is 13.7. The molecule has 0 spiro atoms. The molecular weight excluding hydrogens is 331 g/mol. The minimum atomic E-state index is -0.368. The molecule has 136 valence electrons. The third-order valence-corrected chi connectivity index (χ3v) is 4.85. The van der Waals surface area contributed by atoms with Gasteiger partial charge in [-0.1, -0.05) is 43.3 Å². The van der Waals surface area contributed by atoms with Crippen molar-refractivity contribution in [3.63, 3.8) is 0 Å². The Kier molecular flexibility index (Phi) is 5.66. The van der Waals surface area contributed by atoms with Gasteiger partial charge < -0.3 is 10.2 Å². The predicted molar refractivity (Wildman–Crippen MR) is 99.2 cm³/mol. The lowest BCUT2D eigenvalue weighted by atomic mass is 10.1. The summed E-state index contributed by atoms with van der Waals surface area (Å²) in [7, 11) is 0. The normalized spacial score (nSPS) is 16.8. The molecule has 2 aromatic rings. The van der Waals surface area contributed by atoms with Gasteiger partial charge in [-0.2, -0.15) is 0 Å². The molecule has 1 aliphatic rings. The van der Waals surface area contributed by atoms with Gasteiger partial charge in [0.2, 0.25) is 11.8 Å². The van der Waals surface area contributed by atoms with Crippen LogP contribution in [0.3, 0.4) is 0 Å². The van der Waals surface area contributed by atoms with E-state index in [1.807, 2.05) is 31.2 Å². The fourth-order valence-corrected chi connectivity index (χ4v) is 3.31. The number of carbonyl (C=O) groups excluding carboxylic acids is 2. The third-order valence-electron chi connectivity index (χ3n) is 4.85. The van der Waals surface area contributed by atoms with E-state index in [1.54, 1.807) is 23.1 Å². The number of para-hydroxylation sites is 1. The number of benzene rings is 2. The summed E-state index contributed by atoms with van der Waals surface area (Å²) in [6.45, 7) is 2.84. The number of nitrogens with zero attached hydrogens (tertiary/aromatic N) is 1. The van der Waals surface area contributed by atoms with Crippen LogP contribution in [0.5, 0.6) is 0 Å². The first-order valence-corrected chi connectivity index (χ1v) is 8.98. The highest BCUT2D eigenvalue weighted by molar-refractivity contribution is 5.97. The Morgan fingerprint density at radius 2 is 1.85 bits per heavy atom. The van der Waals surface area contributed by atoms with Crippen LogP contribution in [-0.4, -0.2) is 29.8 Å². The van der Waals surface area contributed by atoms with Crippen molar-refractivity contribution in [1.82, 2.24) is 4.90 Å². The van der Waals surface area contributed by atoms with Gasteiger partial charge >= 0.3 is 0 Å². The smallest absolute Gasteiger partial charge is 0.229 e. The maximum atomic E-state index is 13.7. The van der Waals surface area contributed by atoms with Crippen LogP contribution < -0.4 is 5.32 Å². The van der Waals surface area contributed by atoms with E-state index in [0.717, 1.165) is 17.7 Å². The van der Waals surface area contributed by atoms with E-state index in [2.05, 4.69) is 5.32 Å². The van der Waals surface area contributed by atoms with Crippen LogP contribution in [0.1, 0.15) is 24.5 Å². The molecule has 0 aromatic heterocycles. The van der Waals surface area contributed by atoms with Crippen molar-refractivity contribution in [2.45, 2.75) is 26.2 Å². The molecule has 1 N–H and O–H groups in total. The zero-order chi connectivity index (χ0) is 18.5. The molecule has 0 saturated carbocycles. The monoisotopic (exact) mass is 354 g/mol. The van der Waals surface area contributed by atoms with Crippen LogP contribution in [0.4, 0.5) is 10.1 Å². The zero-order valence-corrected chi connectivity index (χ0v) is 14.9. The van der Waals surface area contributed by atoms with Crippen molar-refractivity contribution in [2.75, 3.05) is 18.4 Å². The van der Waals surface area contributed by atoms with Gasteiger partial charge in [0, 0.05) is 25.2 Å². The molecule has 2 amide bonds. The Bertz CT molecular complexity index is 806. The number of rotatable bonds is 6. The fraction of sp³-hybridized carbons (Fsp3) is 0.333. The Morgan fingerprint density at radius 3 is 2.58 bits per heavy atom. The maximum absolute atomic E-state index is 13.7. The molecule has 1 atom stereocenters. The lowest BCUT2D eigenvalue weighted by Gasteiger charge is -2.17. The lowest BCUT2D eigenvalue weighted by Crippen LogP contribution is -2.30. The van der Waals surface area contributed by atoms with Crippen LogP contribution in [0, 0.1) is 11.7 Å². The summed E-state index contributed by atoms with van der Waals surface area (Å²) in [6, 6.07) is 14.3. The van der Waals surface area contributed by atoms with Gasteiger partial charge in [0.1, 0.15) is 5.82 Å². The van der Waals surface area contributed by atoms with Gasteiger partial charge in [-0.3, -0.25) is 9.59 Å². The second-order valence-corrected chi connectivity index (χ2v) is 6.58. The van der Waals surface area contributed by atoms with Gasteiger partial charge in [0.05, 0.1) is 5.92 Å². The van der Waals surface area contributed by atoms with Crippen molar-refractivity contribution < 1.29 is 14.0 Å². The topological polar surface area (TPSA) is 49.4 Å². The van der Waals surface area contributed by atoms with Crippen LogP contribution >= 0.6 is 0 Å². The summed E-state index contributed by atoms with van der Waals surface area (Å²) in [5.74, 6) is -0.810. The molecule has 2 aromatic carbocycles. The molecule has 0 bridgehead atoms. The van der Waals surface area contributed by atoms with Crippen LogP contribution in [0.25, 0.3) is 0 Å². The average molecular weight is 354 g/mol. The first kappa shape index (κ1) is 18.1. The van der Waals surface area contributed by atoms with Crippen LogP contribution in [-0.2, 0) is 22.4 Å². The van der Waals surface area contributed by atoms with Crippen LogP contribution in [0.2, 0.25) is 0 Å². The van der Waals surface area contributed by atoms with Gasteiger partial charge in [0.15, 0.2) is 0 Å². The number of amides is 2. The number of likely N-dealkylation sites (tertiary alicyclic amines) is 1. The van der Waals surface area contributed by atoms with Crippen LogP contribution in [0.15, 0.2) is 48.5 Å². The molecule has 1 aliphatic heterocycles. The number of nitrogens with one attached hydrogen (secondary N) is 1. The number of hydrogen-bond acceptors (Lipinski definition) is 2. The minimum Gasteiger partial charge on any atom is -0.342 e. The Morgan fingerprint density at radius 1 is 1.15 bits per heavy atom. The van der Waals surface area contributed by atoms with Crippen molar-refractivity contribution >= 4 is 17.5 Å². The molecular formula is C21H23FN2O2. The maximum Gasteiger partial charge on any atom is 0.229 e. The molecule has 1 heterocycles. The number of aryl methyl sites for hydroxylation is 1.